The summed E-state index contributed by atoms with van der Waals surface area (Å²) in [6.07, 6.45) is 2.99. The molecule has 1 aromatic carbocycles. The number of carbonyl (C=O) groups excluding carboxylic acids is 1. The molecule has 0 radical (unpaired) electrons. The van der Waals surface area contributed by atoms with Crippen LogP contribution >= 0.6 is 0 Å². The zero-order valence-electron chi connectivity index (χ0n) is 13.0. The standard InChI is InChI=1S/C18H17N3O2/c1-12-6-5-7-14(10-12)17-16(20-11-23-17)18(22)21-13(2)15-8-3-4-9-19-15/h3-11,13H,1-2H3,(H,21,22)/t13-/m0/s1. The summed E-state index contributed by atoms with van der Waals surface area (Å²) < 4.78 is 5.43. The first-order valence-electron chi connectivity index (χ1n) is 7.37. The number of nitrogens with zero attached hydrogens (tertiary/aromatic N) is 2. The third kappa shape index (κ3) is 3.29. The lowest BCUT2D eigenvalue weighted by Gasteiger charge is -2.12. The van der Waals surface area contributed by atoms with Gasteiger partial charge in [-0.2, -0.15) is 0 Å². The summed E-state index contributed by atoms with van der Waals surface area (Å²) in [5.41, 5.74) is 2.99. The molecule has 2 aromatic heterocycles. The van der Waals surface area contributed by atoms with Crippen LogP contribution < -0.4 is 5.32 Å². The molecule has 0 saturated heterocycles. The Morgan fingerprint density at radius 2 is 2.04 bits per heavy atom. The summed E-state index contributed by atoms with van der Waals surface area (Å²) in [5.74, 6) is 0.188. The molecule has 1 amide bonds. The number of nitrogens with one attached hydrogen (secondary N) is 1. The van der Waals surface area contributed by atoms with Crippen LogP contribution in [0, 0.1) is 6.92 Å². The lowest BCUT2D eigenvalue weighted by molar-refractivity contribution is 0.0935. The molecule has 1 atom stereocenters. The minimum Gasteiger partial charge on any atom is -0.443 e. The molecule has 0 aliphatic rings. The van der Waals surface area contributed by atoms with E-state index < -0.39 is 0 Å². The molecule has 0 spiro atoms. The molecule has 0 bridgehead atoms. The number of carbonyl (C=O) groups is 1. The van der Waals surface area contributed by atoms with E-state index in [1.807, 2.05) is 56.3 Å². The lowest BCUT2D eigenvalue weighted by Crippen LogP contribution is -2.27. The van der Waals surface area contributed by atoms with Crippen LogP contribution in [0.25, 0.3) is 11.3 Å². The Hall–Kier alpha value is -2.95. The molecule has 5 nitrogen and oxygen atoms in total. The molecule has 2 heterocycles. The van der Waals surface area contributed by atoms with Crippen molar-refractivity contribution in [3.8, 4) is 11.3 Å². The highest BCUT2D eigenvalue weighted by Crippen LogP contribution is 2.24. The van der Waals surface area contributed by atoms with E-state index >= 15 is 0 Å². The van der Waals surface area contributed by atoms with Gasteiger partial charge < -0.3 is 9.73 Å². The number of pyridine rings is 1. The molecule has 5 heteroatoms. The fourth-order valence-corrected chi connectivity index (χ4v) is 2.37. The number of aromatic nitrogens is 2. The lowest BCUT2D eigenvalue weighted by atomic mass is 10.1. The summed E-state index contributed by atoms with van der Waals surface area (Å²) in [6.45, 7) is 3.87. The smallest absolute Gasteiger partial charge is 0.274 e. The van der Waals surface area contributed by atoms with Gasteiger partial charge in [0.05, 0.1) is 11.7 Å². The van der Waals surface area contributed by atoms with Crippen molar-refractivity contribution in [2.24, 2.45) is 0 Å². The number of oxazole rings is 1. The number of benzene rings is 1. The van der Waals surface area contributed by atoms with Gasteiger partial charge in [0, 0.05) is 11.8 Å². The zero-order valence-corrected chi connectivity index (χ0v) is 13.0. The summed E-state index contributed by atoms with van der Waals surface area (Å²) in [6, 6.07) is 13.1. The van der Waals surface area contributed by atoms with Gasteiger partial charge in [0.15, 0.2) is 17.8 Å². The van der Waals surface area contributed by atoms with Crippen LogP contribution in [0.15, 0.2) is 59.5 Å². The van der Waals surface area contributed by atoms with E-state index in [2.05, 4.69) is 15.3 Å². The quantitative estimate of drug-likeness (QED) is 0.800. The summed E-state index contributed by atoms with van der Waals surface area (Å²) in [7, 11) is 0. The second kappa shape index (κ2) is 6.44. The van der Waals surface area contributed by atoms with E-state index in [9.17, 15) is 4.79 Å². The zero-order chi connectivity index (χ0) is 16.2. The van der Waals surface area contributed by atoms with Crippen molar-refractivity contribution >= 4 is 5.91 Å². The largest absolute Gasteiger partial charge is 0.443 e. The highest BCUT2D eigenvalue weighted by Gasteiger charge is 2.20. The van der Waals surface area contributed by atoms with Gasteiger partial charge in [-0.3, -0.25) is 9.78 Å². The molecule has 0 saturated carbocycles. The van der Waals surface area contributed by atoms with Crippen LogP contribution in [0.4, 0.5) is 0 Å². The van der Waals surface area contributed by atoms with Crippen molar-refractivity contribution in [2.45, 2.75) is 19.9 Å². The number of aryl methyl sites for hydroxylation is 1. The predicted molar refractivity (Wildman–Crippen MR) is 86.8 cm³/mol. The first-order chi connectivity index (χ1) is 11.1. The summed E-state index contributed by atoms with van der Waals surface area (Å²) in [5, 5.41) is 2.90. The van der Waals surface area contributed by atoms with Gasteiger partial charge in [-0.25, -0.2) is 4.98 Å². The maximum atomic E-state index is 12.5. The fourth-order valence-electron chi connectivity index (χ4n) is 2.37. The Bertz CT molecular complexity index is 812. The number of hydrogen-bond acceptors (Lipinski definition) is 4. The van der Waals surface area contributed by atoms with Crippen molar-refractivity contribution in [1.29, 1.82) is 0 Å². The maximum absolute atomic E-state index is 12.5. The van der Waals surface area contributed by atoms with E-state index in [0.717, 1.165) is 16.8 Å². The van der Waals surface area contributed by atoms with Gasteiger partial charge in [0.1, 0.15) is 0 Å². The molecule has 0 aliphatic heterocycles. The van der Waals surface area contributed by atoms with E-state index in [0.29, 0.717) is 5.76 Å². The number of amides is 1. The minimum atomic E-state index is -0.284. The van der Waals surface area contributed by atoms with Crippen LogP contribution in [-0.4, -0.2) is 15.9 Å². The van der Waals surface area contributed by atoms with Gasteiger partial charge in [-0.05, 0) is 32.0 Å². The molecule has 116 valence electrons. The van der Waals surface area contributed by atoms with Gasteiger partial charge in [-0.1, -0.05) is 29.8 Å². The summed E-state index contributed by atoms with van der Waals surface area (Å²) >= 11 is 0. The topological polar surface area (TPSA) is 68.0 Å². The molecule has 3 rings (SSSR count). The van der Waals surface area contributed by atoms with Crippen LogP contribution in [0.2, 0.25) is 0 Å². The molecule has 1 N–H and O–H groups in total. The summed E-state index contributed by atoms with van der Waals surface area (Å²) in [4.78, 5) is 20.8. The maximum Gasteiger partial charge on any atom is 0.274 e. The fraction of sp³-hybridized carbons (Fsp3) is 0.167. The third-order valence-electron chi connectivity index (χ3n) is 3.54. The van der Waals surface area contributed by atoms with Crippen LogP contribution in [0.1, 0.15) is 34.7 Å². The van der Waals surface area contributed by atoms with Crippen molar-refractivity contribution < 1.29 is 9.21 Å². The SMILES string of the molecule is Cc1cccc(-c2ocnc2C(=O)N[C@@H](C)c2ccccn2)c1. The molecular formula is C18H17N3O2. The van der Waals surface area contributed by atoms with Crippen LogP contribution in [0.5, 0.6) is 0 Å². The van der Waals surface area contributed by atoms with Gasteiger partial charge >= 0.3 is 0 Å². The second-order valence-corrected chi connectivity index (χ2v) is 5.35. The number of hydrogen-bond donors (Lipinski definition) is 1. The molecular weight excluding hydrogens is 290 g/mol. The third-order valence-corrected chi connectivity index (χ3v) is 3.54. The van der Waals surface area contributed by atoms with Crippen molar-refractivity contribution in [1.82, 2.24) is 15.3 Å². The Morgan fingerprint density at radius 1 is 1.17 bits per heavy atom. The highest BCUT2D eigenvalue weighted by molar-refractivity contribution is 5.97. The molecule has 23 heavy (non-hydrogen) atoms. The normalized spacial score (nSPS) is 11.9. The Kier molecular flexibility index (Phi) is 4.19. The average molecular weight is 307 g/mol. The van der Waals surface area contributed by atoms with Crippen LogP contribution in [-0.2, 0) is 0 Å². The van der Waals surface area contributed by atoms with Gasteiger partial charge in [0.25, 0.3) is 5.91 Å². The van der Waals surface area contributed by atoms with E-state index in [-0.39, 0.29) is 17.6 Å². The Balaban J connectivity index is 1.83. The van der Waals surface area contributed by atoms with E-state index in [1.54, 1.807) is 6.20 Å². The average Bonchev–Trinajstić information content (AvgIpc) is 3.05. The van der Waals surface area contributed by atoms with Crippen molar-refractivity contribution in [3.05, 3.63) is 72.0 Å². The monoisotopic (exact) mass is 307 g/mol. The van der Waals surface area contributed by atoms with Gasteiger partial charge in [-0.15, -0.1) is 0 Å². The number of rotatable bonds is 4. The second-order valence-electron chi connectivity index (χ2n) is 5.35. The highest BCUT2D eigenvalue weighted by atomic mass is 16.3. The first-order valence-corrected chi connectivity index (χ1v) is 7.37. The van der Waals surface area contributed by atoms with E-state index in [4.69, 9.17) is 4.42 Å². The molecule has 3 aromatic rings. The Labute approximate surface area is 134 Å². The predicted octanol–water partition coefficient (Wildman–Crippen LogP) is 3.54. The Morgan fingerprint density at radius 3 is 2.78 bits per heavy atom. The van der Waals surface area contributed by atoms with E-state index in [1.165, 1.54) is 6.39 Å². The van der Waals surface area contributed by atoms with Crippen LogP contribution in [0.3, 0.4) is 0 Å². The van der Waals surface area contributed by atoms with Crippen molar-refractivity contribution in [3.63, 3.8) is 0 Å². The molecule has 0 fully saturated rings. The molecule has 0 unspecified atom stereocenters. The first kappa shape index (κ1) is 15.0. The van der Waals surface area contributed by atoms with Gasteiger partial charge in [0.2, 0.25) is 0 Å². The molecule has 0 aliphatic carbocycles. The van der Waals surface area contributed by atoms with Crippen molar-refractivity contribution in [2.75, 3.05) is 0 Å². The minimum absolute atomic E-state index is 0.217.